The van der Waals surface area contributed by atoms with E-state index in [1.807, 2.05) is 19.1 Å². The fraction of sp³-hybridized carbons (Fsp3) is 0.571. The molecule has 0 bridgehead atoms. The fourth-order valence-corrected chi connectivity index (χ4v) is 1.72. The summed E-state index contributed by atoms with van der Waals surface area (Å²) in [6.45, 7) is 8.91. The van der Waals surface area contributed by atoms with Crippen molar-refractivity contribution in [2.75, 3.05) is 13.7 Å². The number of hydrogen-bond donors (Lipinski definition) is 2. The average Bonchev–Trinajstić information content (AvgIpc) is 2.26. The van der Waals surface area contributed by atoms with E-state index in [1.54, 1.807) is 7.11 Å². The van der Waals surface area contributed by atoms with Gasteiger partial charge in [-0.15, -0.1) is 0 Å². The second-order valence-electron chi connectivity index (χ2n) is 5.50. The van der Waals surface area contributed by atoms with Crippen molar-refractivity contribution in [1.82, 2.24) is 0 Å². The lowest BCUT2D eigenvalue weighted by atomic mass is 9.84. The molecule has 0 fully saturated rings. The van der Waals surface area contributed by atoms with Gasteiger partial charge in [-0.25, -0.2) is 0 Å². The van der Waals surface area contributed by atoms with Crippen molar-refractivity contribution in [2.24, 2.45) is 5.73 Å². The van der Waals surface area contributed by atoms with Crippen LogP contribution >= 0.6 is 0 Å². The molecule has 0 aromatic heterocycles. The zero-order chi connectivity index (χ0) is 13.2. The number of aromatic hydroxyl groups is 1. The van der Waals surface area contributed by atoms with E-state index < -0.39 is 0 Å². The highest BCUT2D eigenvalue weighted by Crippen LogP contribution is 2.38. The van der Waals surface area contributed by atoms with Gasteiger partial charge in [0.15, 0.2) is 11.5 Å². The fourth-order valence-electron chi connectivity index (χ4n) is 1.72. The zero-order valence-corrected chi connectivity index (χ0v) is 11.4. The van der Waals surface area contributed by atoms with Crippen molar-refractivity contribution in [2.45, 2.75) is 39.0 Å². The standard InChI is InChI=1S/C14H23NO2/c1-9(8-15)11-6-10(14(2,3)4)7-12(17-5)13(11)16/h6-7,9,16H,8,15H2,1-5H3. The number of hydrogen-bond acceptors (Lipinski definition) is 3. The Morgan fingerprint density at radius 3 is 2.35 bits per heavy atom. The topological polar surface area (TPSA) is 55.5 Å². The predicted octanol–water partition coefficient (Wildman–Crippen LogP) is 2.76. The van der Waals surface area contributed by atoms with Gasteiger partial charge in [0.2, 0.25) is 0 Å². The molecule has 0 aliphatic heterocycles. The minimum atomic E-state index is 0.0179. The summed E-state index contributed by atoms with van der Waals surface area (Å²) < 4.78 is 5.23. The third-order valence-electron chi connectivity index (χ3n) is 3.07. The minimum Gasteiger partial charge on any atom is -0.504 e. The molecule has 0 aliphatic carbocycles. The Labute approximate surface area is 104 Å². The van der Waals surface area contributed by atoms with Crippen molar-refractivity contribution in [3.8, 4) is 11.5 Å². The summed E-state index contributed by atoms with van der Waals surface area (Å²) in [5, 5.41) is 10.1. The highest BCUT2D eigenvalue weighted by molar-refractivity contribution is 5.51. The van der Waals surface area contributed by atoms with E-state index in [1.165, 1.54) is 0 Å². The van der Waals surface area contributed by atoms with Gasteiger partial charge in [-0.05, 0) is 29.5 Å². The molecule has 3 nitrogen and oxygen atoms in total. The van der Waals surface area contributed by atoms with Gasteiger partial charge in [0.05, 0.1) is 7.11 Å². The summed E-state index contributed by atoms with van der Waals surface area (Å²) in [6, 6.07) is 3.91. The number of benzene rings is 1. The largest absolute Gasteiger partial charge is 0.504 e. The minimum absolute atomic E-state index is 0.0179. The monoisotopic (exact) mass is 237 g/mol. The normalized spacial score (nSPS) is 13.5. The molecule has 3 heteroatoms. The van der Waals surface area contributed by atoms with Gasteiger partial charge in [0.25, 0.3) is 0 Å². The highest BCUT2D eigenvalue weighted by Gasteiger charge is 2.21. The van der Waals surface area contributed by atoms with Crippen molar-refractivity contribution in [1.29, 1.82) is 0 Å². The smallest absolute Gasteiger partial charge is 0.161 e. The average molecular weight is 237 g/mol. The van der Waals surface area contributed by atoms with Crippen molar-refractivity contribution >= 4 is 0 Å². The Morgan fingerprint density at radius 1 is 1.35 bits per heavy atom. The van der Waals surface area contributed by atoms with Crippen LogP contribution in [0.15, 0.2) is 12.1 Å². The number of phenolic OH excluding ortho intramolecular Hbond substituents is 1. The third kappa shape index (κ3) is 2.91. The summed E-state index contributed by atoms with van der Waals surface area (Å²) in [6.07, 6.45) is 0. The molecule has 1 aromatic rings. The Morgan fingerprint density at radius 2 is 1.94 bits per heavy atom. The SMILES string of the molecule is COc1cc(C(C)(C)C)cc(C(C)CN)c1O. The Hall–Kier alpha value is -1.22. The number of phenols is 1. The Bertz CT molecular complexity index is 394. The summed E-state index contributed by atoms with van der Waals surface area (Å²) in [5.74, 6) is 0.845. The van der Waals surface area contributed by atoms with Gasteiger partial charge >= 0.3 is 0 Å². The van der Waals surface area contributed by atoms with Crippen LogP contribution in [0.5, 0.6) is 11.5 Å². The second-order valence-corrected chi connectivity index (χ2v) is 5.50. The van der Waals surface area contributed by atoms with Crippen molar-refractivity contribution in [3.63, 3.8) is 0 Å². The van der Waals surface area contributed by atoms with E-state index in [0.29, 0.717) is 12.3 Å². The van der Waals surface area contributed by atoms with Crippen LogP contribution in [-0.2, 0) is 5.41 Å². The third-order valence-corrected chi connectivity index (χ3v) is 3.07. The number of rotatable bonds is 3. The first-order chi connectivity index (χ1) is 7.81. The van der Waals surface area contributed by atoms with Crippen LogP contribution in [0.4, 0.5) is 0 Å². The van der Waals surface area contributed by atoms with Gasteiger partial charge in [0.1, 0.15) is 0 Å². The molecular formula is C14H23NO2. The maximum atomic E-state index is 10.1. The van der Waals surface area contributed by atoms with Crippen LogP contribution in [0.2, 0.25) is 0 Å². The van der Waals surface area contributed by atoms with E-state index in [2.05, 4.69) is 20.8 Å². The molecule has 17 heavy (non-hydrogen) atoms. The molecule has 0 radical (unpaired) electrons. The number of methoxy groups -OCH3 is 1. The summed E-state index contributed by atoms with van der Waals surface area (Å²) in [7, 11) is 1.57. The van der Waals surface area contributed by atoms with Gasteiger partial charge in [0, 0.05) is 5.56 Å². The van der Waals surface area contributed by atoms with Gasteiger partial charge in [-0.3, -0.25) is 0 Å². The number of nitrogens with two attached hydrogens (primary N) is 1. The lowest BCUT2D eigenvalue weighted by Gasteiger charge is -2.23. The van der Waals surface area contributed by atoms with Crippen molar-refractivity contribution in [3.05, 3.63) is 23.3 Å². The lowest BCUT2D eigenvalue weighted by Crippen LogP contribution is -2.14. The molecule has 1 atom stereocenters. The van der Waals surface area contributed by atoms with E-state index in [4.69, 9.17) is 10.5 Å². The van der Waals surface area contributed by atoms with Crippen LogP contribution in [-0.4, -0.2) is 18.8 Å². The van der Waals surface area contributed by atoms with E-state index >= 15 is 0 Å². The summed E-state index contributed by atoms with van der Waals surface area (Å²) in [5.41, 5.74) is 7.69. The van der Waals surface area contributed by atoms with Gasteiger partial charge in [-0.2, -0.15) is 0 Å². The molecule has 1 rings (SSSR count). The van der Waals surface area contributed by atoms with E-state index in [0.717, 1.165) is 11.1 Å². The lowest BCUT2D eigenvalue weighted by molar-refractivity contribution is 0.367. The summed E-state index contributed by atoms with van der Waals surface area (Å²) >= 11 is 0. The quantitative estimate of drug-likeness (QED) is 0.850. The zero-order valence-electron chi connectivity index (χ0n) is 11.4. The Kier molecular flexibility index (Phi) is 4.04. The molecule has 0 spiro atoms. The summed E-state index contributed by atoms with van der Waals surface area (Å²) in [4.78, 5) is 0. The predicted molar refractivity (Wildman–Crippen MR) is 70.8 cm³/mol. The molecule has 0 heterocycles. The molecule has 96 valence electrons. The van der Waals surface area contributed by atoms with E-state index in [9.17, 15) is 5.11 Å². The maximum absolute atomic E-state index is 10.1. The van der Waals surface area contributed by atoms with Crippen LogP contribution in [0.3, 0.4) is 0 Å². The number of ether oxygens (including phenoxy) is 1. The van der Waals surface area contributed by atoms with Crippen LogP contribution < -0.4 is 10.5 Å². The molecule has 0 amide bonds. The van der Waals surface area contributed by atoms with E-state index in [-0.39, 0.29) is 17.1 Å². The molecule has 1 unspecified atom stereocenters. The van der Waals surface area contributed by atoms with Crippen LogP contribution in [0.25, 0.3) is 0 Å². The second kappa shape index (κ2) is 4.96. The van der Waals surface area contributed by atoms with Gasteiger partial charge < -0.3 is 15.6 Å². The molecule has 0 saturated carbocycles. The molecule has 0 aliphatic rings. The molecule has 1 aromatic carbocycles. The first-order valence-electron chi connectivity index (χ1n) is 5.92. The highest BCUT2D eigenvalue weighted by atomic mass is 16.5. The van der Waals surface area contributed by atoms with Crippen LogP contribution in [0, 0.1) is 0 Å². The maximum Gasteiger partial charge on any atom is 0.161 e. The van der Waals surface area contributed by atoms with Crippen molar-refractivity contribution < 1.29 is 9.84 Å². The molecular weight excluding hydrogens is 214 g/mol. The molecule has 0 saturated heterocycles. The first-order valence-corrected chi connectivity index (χ1v) is 5.92. The Balaban J connectivity index is 3.39. The first kappa shape index (κ1) is 13.8. The van der Waals surface area contributed by atoms with Gasteiger partial charge in [-0.1, -0.05) is 33.8 Å². The molecule has 3 N–H and O–H groups in total. The van der Waals surface area contributed by atoms with Crippen LogP contribution in [0.1, 0.15) is 44.7 Å².